The van der Waals surface area contributed by atoms with Crippen molar-refractivity contribution in [3.05, 3.63) is 18.6 Å². The lowest BCUT2D eigenvalue weighted by molar-refractivity contribution is 0.642. The lowest BCUT2D eigenvalue weighted by atomic mass is 10.7. The molecule has 6 heteroatoms. The molecule has 0 N–H and O–H groups in total. The van der Waals surface area contributed by atoms with E-state index in [1.54, 1.807) is 29.4 Å². The van der Waals surface area contributed by atoms with E-state index in [0.717, 1.165) is 0 Å². The zero-order valence-electron chi connectivity index (χ0n) is 7.99. The number of fused-ring (bicyclic) bond motifs is 1. The molecule has 0 radical (unpaired) electrons. The van der Waals surface area contributed by atoms with Gasteiger partial charge in [0.05, 0.1) is 12.5 Å². The van der Waals surface area contributed by atoms with E-state index in [0.29, 0.717) is 11.6 Å². The van der Waals surface area contributed by atoms with Crippen LogP contribution in [0.25, 0.3) is 5.65 Å². The number of aliphatic imine (C=N–C) groups is 1. The first-order chi connectivity index (χ1) is 6.75. The van der Waals surface area contributed by atoms with Crippen molar-refractivity contribution >= 4 is 17.9 Å². The summed E-state index contributed by atoms with van der Waals surface area (Å²) in [6, 6.07) is 0. The van der Waals surface area contributed by atoms with Gasteiger partial charge in [-0.2, -0.15) is 4.98 Å². The highest BCUT2D eigenvalue weighted by atomic mass is 15.3. The molecule has 0 aliphatic rings. The predicted molar refractivity (Wildman–Crippen MR) is 52.6 cm³/mol. The highest BCUT2D eigenvalue weighted by Crippen LogP contribution is 2.05. The van der Waals surface area contributed by atoms with Crippen LogP contribution in [0.5, 0.6) is 0 Å². The van der Waals surface area contributed by atoms with Gasteiger partial charge in [0.15, 0.2) is 5.65 Å². The molecule has 0 aliphatic heterocycles. The number of hydrogen-bond acceptors (Lipinski definition) is 4. The molecule has 6 nitrogen and oxygen atoms in total. The van der Waals surface area contributed by atoms with Crippen molar-refractivity contribution < 1.29 is 0 Å². The number of nitrogens with zero attached hydrogens (tertiary/aromatic N) is 6. The lowest BCUT2D eigenvalue weighted by Crippen LogP contribution is -2.07. The van der Waals surface area contributed by atoms with E-state index in [1.165, 1.54) is 0 Å². The SMILES string of the molecule is CN(C)C=Nc1nc2cnccn2n1. The smallest absolute Gasteiger partial charge is 0.270 e. The molecular formula is C8H10N6. The second-order valence-electron chi connectivity index (χ2n) is 3.00. The van der Waals surface area contributed by atoms with Crippen LogP contribution in [0.2, 0.25) is 0 Å². The summed E-state index contributed by atoms with van der Waals surface area (Å²) in [7, 11) is 3.78. The molecule has 0 unspecified atom stereocenters. The summed E-state index contributed by atoms with van der Waals surface area (Å²) in [6.45, 7) is 0. The fourth-order valence-corrected chi connectivity index (χ4v) is 0.954. The summed E-state index contributed by atoms with van der Waals surface area (Å²) in [5, 5.41) is 4.13. The third-order valence-corrected chi connectivity index (χ3v) is 1.53. The molecule has 2 rings (SSSR count). The maximum Gasteiger partial charge on any atom is 0.270 e. The molecule has 2 heterocycles. The molecule has 0 bridgehead atoms. The fraction of sp³-hybridized carbons (Fsp3) is 0.250. The summed E-state index contributed by atoms with van der Waals surface area (Å²) >= 11 is 0. The molecule has 0 fully saturated rings. The average molecular weight is 190 g/mol. The first-order valence-corrected chi connectivity index (χ1v) is 4.13. The standard InChI is InChI=1S/C8H10N6/c1-13(2)6-10-8-11-7-5-9-3-4-14(7)12-8/h3-6H,1-2H3. The van der Waals surface area contributed by atoms with Gasteiger partial charge in [0.25, 0.3) is 5.95 Å². The van der Waals surface area contributed by atoms with Gasteiger partial charge < -0.3 is 4.90 Å². The summed E-state index contributed by atoms with van der Waals surface area (Å²) in [5.41, 5.74) is 0.693. The Bertz CT molecular complexity index is 425. The second-order valence-corrected chi connectivity index (χ2v) is 3.00. The number of hydrogen-bond donors (Lipinski definition) is 0. The average Bonchev–Trinajstić information content (AvgIpc) is 2.57. The van der Waals surface area contributed by atoms with Crippen molar-refractivity contribution in [2.75, 3.05) is 14.1 Å². The molecule has 72 valence electrons. The van der Waals surface area contributed by atoms with E-state index < -0.39 is 0 Å². The molecule has 0 spiro atoms. The third-order valence-electron chi connectivity index (χ3n) is 1.53. The molecule has 0 saturated carbocycles. The number of rotatable bonds is 2. The van der Waals surface area contributed by atoms with Crippen molar-refractivity contribution in [1.29, 1.82) is 0 Å². The maximum atomic E-state index is 4.15. The quantitative estimate of drug-likeness (QED) is 0.506. The molecule has 2 aromatic rings. The van der Waals surface area contributed by atoms with Crippen LogP contribution in [0.1, 0.15) is 0 Å². The summed E-state index contributed by atoms with van der Waals surface area (Å²) < 4.78 is 1.63. The van der Waals surface area contributed by atoms with Gasteiger partial charge in [-0.3, -0.25) is 4.98 Å². The van der Waals surface area contributed by atoms with Gasteiger partial charge in [-0.15, -0.1) is 5.10 Å². The van der Waals surface area contributed by atoms with Crippen molar-refractivity contribution in [3.63, 3.8) is 0 Å². The highest BCUT2D eigenvalue weighted by molar-refractivity contribution is 5.58. The van der Waals surface area contributed by atoms with E-state index in [9.17, 15) is 0 Å². The van der Waals surface area contributed by atoms with Crippen molar-refractivity contribution in [1.82, 2.24) is 24.5 Å². The molecule has 0 atom stereocenters. The Morgan fingerprint density at radius 2 is 2.36 bits per heavy atom. The normalized spacial score (nSPS) is 11.3. The molecule has 0 aliphatic carbocycles. The zero-order valence-corrected chi connectivity index (χ0v) is 7.99. The van der Waals surface area contributed by atoms with Crippen LogP contribution in [0.4, 0.5) is 5.95 Å². The van der Waals surface area contributed by atoms with Crippen LogP contribution in [0.3, 0.4) is 0 Å². The maximum absolute atomic E-state index is 4.15. The third kappa shape index (κ3) is 1.68. The zero-order chi connectivity index (χ0) is 9.97. The Balaban J connectivity index is 2.36. The first-order valence-electron chi connectivity index (χ1n) is 4.13. The largest absolute Gasteiger partial charge is 0.369 e. The predicted octanol–water partition coefficient (Wildman–Crippen LogP) is 0.346. The summed E-state index contributed by atoms with van der Waals surface area (Å²) in [6.07, 6.45) is 6.68. The highest BCUT2D eigenvalue weighted by Gasteiger charge is 1.99. The first kappa shape index (κ1) is 8.61. The second kappa shape index (κ2) is 3.41. The van der Waals surface area contributed by atoms with Crippen LogP contribution >= 0.6 is 0 Å². The van der Waals surface area contributed by atoms with Gasteiger partial charge in [0.2, 0.25) is 0 Å². The van der Waals surface area contributed by atoms with Crippen molar-refractivity contribution in [2.45, 2.75) is 0 Å². The van der Waals surface area contributed by atoms with E-state index in [1.807, 2.05) is 19.0 Å². The van der Waals surface area contributed by atoms with Gasteiger partial charge in [-0.1, -0.05) is 0 Å². The minimum atomic E-state index is 0.437. The van der Waals surface area contributed by atoms with Crippen LogP contribution in [-0.2, 0) is 0 Å². The lowest BCUT2D eigenvalue weighted by Gasteiger charge is -1.99. The Morgan fingerprint density at radius 3 is 3.07 bits per heavy atom. The molecule has 0 saturated heterocycles. The van der Waals surface area contributed by atoms with Crippen LogP contribution in [0, 0.1) is 0 Å². The summed E-state index contributed by atoms with van der Waals surface area (Å²) in [4.78, 5) is 14.0. The molecule has 2 aromatic heterocycles. The molecule has 0 aromatic carbocycles. The monoisotopic (exact) mass is 190 g/mol. The Hall–Kier alpha value is -1.98. The molecule has 0 amide bonds. The van der Waals surface area contributed by atoms with E-state index >= 15 is 0 Å². The topological polar surface area (TPSA) is 58.7 Å². The molecular weight excluding hydrogens is 180 g/mol. The van der Waals surface area contributed by atoms with Gasteiger partial charge >= 0.3 is 0 Å². The Kier molecular flexibility index (Phi) is 2.10. The minimum Gasteiger partial charge on any atom is -0.369 e. The van der Waals surface area contributed by atoms with Gasteiger partial charge in [0, 0.05) is 26.5 Å². The van der Waals surface area contributed by atoms with Gasteiger partial charge in [-0.05, 0) is 0 Å². The Morgan fingerprint density at radius 1 is 1.50 bits per heavy atom. The molecule has 14 heavy (non-hydrogen) atoms. The number of aromatic nitrogens is 4. The van der Waals surface area contributed by atoms with Crippen LogP contribution in [-0.4, -0.2) is 44.9 Å². The van der Waals surface area contributed by atoms with Gasteiger partial charge in [0.1, 0.15) is 0 Å². The van der Waals surface area contributed by atoms with Crippen LogP contribution < -0.4 is 0 Å². The van der Waals surface area contributed by atoms with Crippen molar-refractivity contribution in [3.8, 4) is 0 Å². The van der Waals surface area contributed by atoms with E-state index in [4.69, 9.17) is 0 Å². The fourth-order valence-electron chi connectivity index (χ4n) is 0.954. The van der Waals surface area contributed by atoms with E-state index in [-0.39, 0.29) is 0 Å². The van der Waals surface area contributed by atoms with E-state index in [2.05, 4.69) is 20.1 Å². The summed E-state index contributed by atoms with van der Waals surface area (Å²) in [5.74, 6) is 0.437. The Labute approximate surface area is 80.9 Å². The van der Waals surface area contributed by atoms with Crippen molar-refractivity contribution in [2.24, 2.45) is 4.99 Å². The van der Waals surface area contributed by atoms with Crippen LogP contribution in [0.15, 0.2) is 23.6 Å². The minimum absolute atomic E-state index is 0.437. The van der Waals surface area contributed by atoms with Gasteiger partial charge in [-0.25, -0.2) is 9.51 Å².